The average molecular weight is 336 g/mol. The zero-order chi connectivity index (χ0) is 16.4. The first-order chi connectivity index (χ1) is 11.0. The molecule has 1 aliphatic rings. The Kier molecular flexibility index (Phi) is 4.36. The highest BCUT2D eigenvalue weighted by atomic mass is 32.2. The van der Waals surface area contributed by atoms with E-state index in [4.69, 9.17) is 4.74 Å². The molecule has 1 saturated heterocycles. The van der Waals surface area contributed by atoms with Crippen LogP contribution in [-0.4, -0.2) is 47.9 Å². The van der Waals surface area contributed by atoms with Gasteiger partial charge in [-0.3, -0.25) is 0 Å². The average Bonchev–Trinajstić information content (AvgIpc) is 3.09. The third-order valence-electron chi connectivity index (χ3n) is 4.12. The van der Waals surface area contributed by atoms with Crippen molar-refractivity contribution in [1.82, 2.24) is 19.3 Å². The monoisotopic (exact) mass is 336 g/mol. The van der Waals surface area contributed by atoms with Gasteiger partial charge in [0.2, 0.25) is 10.0 Å². The molecule has 1 aromatic heterocycles. The maximum atomic E-state index is 12.9. The number of aryl methyl sites for hydroxylation is 1. The van der Waals surface area contributed by atoms with Gasteiger partial charge in [-0.05, 0) is 37.5 Å². The van der Waals surface area contributed by atoms with Crippen LogP contribution in [0.25, 0.3) is 0 Å². The minimum Gasteiger partial charge on any atom is -0.495 e. The molecule has 2 aromatic rings. The fraction of sp³-hybridized carbons (Fsp3) is 0.467. The second kappa shape index (κ2) is 6.29. The molecule has 8 heteroatoms. The summed E-state index contributed by atoms with van der Waals surface area (Å²) in [4.78, 5) is 1.90. The normalized spacial score (nSPS) is 17.3. The third kappa shape index (κ3) is 3.09. The molecule has 1 aromatic carbocycles. The number of ether oxygens (including phenoxy) is 1. The van der Waals surface area contributed by atoms with E-state index in [0.717, 1.165) is 5.56 Å². The van der Waals surface area contributed by atoms with E-state index in [9.17, 15) is 8.42 Å². The van der Waals surface area contributed by atoms with Crippen LogP contribution in [0.5, 0.6) is 5.75 Å². The SMILES string of the molecule is COc1ccc(C)cc1S(=O)(=O)N1CCC(n2nccn2)CC1. The highest BCUT2D eigenvalue weighted by Gasteiger charge is 2.32. The lowest BCUT2D eigenvalue weighted by molar-refractivity contribution is 0.244. The summed E-state index contributed by atoms with van der Waals surface area (Å²) in [7, 11) is -2.08. The van der Waals surface area contributed by atoms with Crippen molar-refractivity contribution in [2.24, 2.45) is 0 Å². The molecule has 1 aliphatic heterocycles. The Balaban J connectivity index is 1.81. The number of piperidine rings is 1. The van der Waals surface area contributed by atoms with Gasteiger partial charge in [-0.15, -0.1) is 0 Å². The predicted molar refractivity (Wildman–Crippen MR) is 84.8 cm³/mol. The standard InChI is InChI=1S/C15H20N4O3S/c1-12-3-4-14(22-2)15(11-12)23(20,21)18-9-5-13(6-10-18)19-16-7-8-17-19/h3-4,7-8,11,13H,5-6,9-10H2,1-2H3. The molecule has 0 amide bonds. The molecule has 7 nitrogen and oxygen atoms in total. The Bertz CT molecular complexity index is 766. The van der Waals surface area contributed by atoms with Crippen molar-refractivity contribution in [3.05, 3.63) is 36.2 Å². The van der Waals surface area contributed by atoms with Crippen molar-refractivity contribution in [1.29, 1.82) is 0 Å². The second-order valence-corrected chi connectivity index (χ2v) is 7.55. The van der Waals surface area contributed by atoms with Crippen LogP contribution in [0.1, 0.15) is 24.4 Å². The van der Waals surface area contributed by atoms with Crippen molar-refractivity contribution in [2.75, 3.05) is 20.2 Å². The van der Waals surface area contributed by atoms with Gasteiger partial charge in [-0.2, -0.15) is 19.3 Å². The summed E-state index contributed by atoms with van der Waals surface area (Å²) in [5.74, 6) is 0.381. The third-order valence-corrected chi connectivity index (χ3v) is 6.04. The highest BCUT2D eigenvalue weighted by Crippen LogP contribution is 2.31. The lowest BCUT2D eigenvalue weighted by Crippen LogP contribution is -2.39. The van der Waals surface area contributed by atoms with Gasteiger partial charge in [0.05, 0.1) is 25.5 Å². The zero-order valence-corrected chi connectivity index (χ0v) is 14.0. The van der Waals surface area contributed by atoms with Crippen LogP contribution in [0.4, 0.5) is 0 Å². The first-order valence-corrected chi connectivity index (χ1v) is 8.97. The van der Waals surface area contributed by atoms with Gasteiger partial charge in [0, 0.05) is 13.1 Å². The summed E-state index contributed by atoms with van der Waals surface area (Å²) in [6, 6.07) is 5.35. The maximum absolute atomic E-state index is 12.9. The van der Waals surface area contributed by atoms with Gasteiger partial charge in [-0.1, -0.05) is 6.07 Å². The minimum atomic E-state index is -3.56. The minimum absolute atomic E-state index is 0.149. The summed E-state index contributed by atoms with van der Waals surface area (Å²) in [6.07, 6.45) is 4.67. The van der Waals surface area contributed by atoms with Crippen LogP contribution >= 0.6 is 0 Å². The molecule has 0 unspecified atom stereocenters. The van der Waals surface area contributed by atoms with Crippen LogP contribution in [0.3, 0.4) is 0 Å². The number of rotatable bonds is 4. The van der Waals surface area contributed by atoms with Crippen molar-refractivity contribution < 1.29 is 13.2 Å². The van der Waals surface area contributed by atoms with Crippen molar-refractivity contribution >= 4 is 10.0 Å². The Morgan fingerprint density at radius 2 is 1.83 bits per heavy atom. The summed E-state index contributed by atoms with van der Waals surface area (Å²) in [5, 5.41) is 8.28. The van der Waals surface area contributed by atoms with E-state index in [2.05, 4.69) is 10.2 Å². The van der Waals surface area contributed by atoms with Gasteiger partial charge in [0.1, 0.15) is 10.6 Å². The van der Waals surface area contributed by atoms with Crippen LogP contribution in [0, 0.1) is 6.92 Å². The van der Waals surface area contributed by atoms with Gasteiger partial charge in [0.15, 0.2) is 0 Å². The molecular formula is C15H20N4O3S. The van der Waals surface area contributed by atoms with Crippen molar-refractivity contribution in [3.8, 4) is 5.75 Å². The molecule has 0 saturated carbocycles. The molecular weight excluding hydrogens is 316 g/mol. The largest absolute Gasteiger partial charge is 0.495 e. The second-order valence-electron chi connectivity index (χ2n) is 5.64. The molecule has 0 aliphatic carbocycles. The van der Waals surface area contributed by atoms with E-state index < -0.39 is 10.0 Å². The number of methoxy groups -OCH3 is 1. The highest BCUT2D eigenvalue weighted by molar-refractivity contribution is 7.89. The molecule has 0 atom stereocenters. The lowest BCUT2D eigenvalue weighted by Gasteiger charge is -2.31. The Morgan fingerprint density at radius 1 is 1.17 bits per heavy atom. The van der Waals surface area contributed by atoms with E-state index in [-0.39, 0.29) is 10.9 Å². The molecule has 2 heterocycles. The molecule has 0 N–H and O–H groups in total. The van der Waals surface area contributed by atoms with Gasteiger partial charge >= 0.3 is 0 Å². The smallest absolute Gasteiger partial charge is 0.246 e. The predicted octanol–water partition coefficient (Wildman–Crippen LogP) is 1.62. The van der Waals surface area contributed by atoms with E-state index in [1.165, 1.54) is 11.4 Å². The first-order valence-electron chi connectivity index (χ1n) is 7.53. The summed E-state index contributed by atoms with van der Waals surface area (Å²) < 4.78 is 32.6. The van der Waals surface area contributed by atoms with Gasteiger partial charge < -0.3 is 4.74 Å². The fourth-order valence-electron chi connectivity index (χ4n) is 2.85. The molecule has 3 rings (SSSR count). The lowest BCUT2D eigenvalue weighted by atomic mass is 10.1. The fourth-order valence-corrected chi connectivity index (χ4v) is 4.56. The van der Waals surface area contributed by atoms with Crippen LogP contribution < -0.4 is 4.74 Å². The van der Waals surface area contributed by atoms with E-state index in [0.29, 0.717) is 31.7 Å². The zero-order valence-electron chi connectivity index (χ0n) is 13.2. The molecule has 1 fully saturated rings. The number of aromatic nitrogens is 3. The van der Waals surface area contributed by atoms with Crippen molar-refractivity contribution in [2.45, 2.75) is 30.7 Å². The van der Waals surface area contributed by atoms with Gasteiger partial charge in [0.25, 0.3) is 0 Å². The Hall–Kier alpha value is -1.93. The summed E-state index contributed by atoms with van der Waals surface area (Å²) >= 11 is 0. The number of hydrogen-bond acceptors (Lipinski definition) is 5. The number of sulfonamides is 1. The topological polar surface area (TPSA) is 77.3 Å². The molecule has 23 heavy (non-hydrogen) atoms. The van der Waals surface area contributed by atoms with Crippen LogP contribution in [-0.2, 0) is 10.0 Å². The molecule has 0 radical (unpaired) electrons. The Morgan fingerprint density at radius 3 is 2.43 bits per heavy atom. The van der Waals surface area contributed by atoms with E-state index in [1.807, 2.05) is 13.0 Å². The van der Waals surface area contributed by atoms with Crippen LogP contribution in [0.15, 0.2) is 35.5 Å². The van der Waals surface area contributed by atoms with Gasteiger partial charge in [-0.25, -0.2) is 8.42 Å². The Labute approximate surface area is 135 Å². The van der Waals surface area contributed by atoms with E-state index in [1.54, 1.807) is 29.3 Å². The number of hydrogen-bond donors (Lipinski definition) is 0. The van der Waals surface area contributed by atoms with E-state index >= 15 is 0 Å². The maximum Gasteiger partial charge on any atom is 0.246 e. The first kappa shape index (κ1) is 15.9. The quantitative estimate of drug-likeness (QED) is 0.848. The summed E-state index contributed by atoms with van der Waals surface area (Å²) in [6.45, 7) is 2.77. The number of benzene rings is 1. The molecule has 124 valence electrons. The molecule has 0 spiro atoms. The molecule has 0 bridgehead atoms. The van der Waals surface area contributed by atoms with Crippen molar-refractivity contribution in [3.63, 3.8) is 0 Å². The summed E-state index contributed by atoms with van der Waals surface area (Å²) in [5.41, 5.74) is 0.889. The van der Waals surface area contributed by atoms with Crippen LogP contribution in [0.2, 0.25) is 0 Å². The number of nitrogens with zero attached hydrogens (tertiary/aromatic N) is 4.